The molecular weight excluding hydrogens is 313 g/mol. The van der Waals surface area contributed by atoms with Crippen LogP contribution in [0.3, 0.4) is 0 Å². The zero-order valence-corrected chi connectivity index (χ0v) is 14.0. The van der Waals surface area contributed by atoms with Crippen molar-refractivity contribution in [2.75, 3.05) is 0 Å². The van der Waals surface area contributed by atoms with Gasteiger partial charge in [-0.3, -0.25) is 4.79 Å². The maximum Gasteiger partial charge on any atom is 0.409 e. The first-order chi connectivity index (χ1) is 9.59. The molecule has 0 aliphatic heterocycles. The molecular formula is C14H21ClNO4P. The van der Waals surface area contributed by atoms with Crippen LogP contribution >= 0.6 is 18.1 Å². The Balaban J connectivity index is 2.69. The molecule has 0 saturated heterocycles. The predicted molar refractivity (Wildman–Crippen MR) is 83.8 cm³/mol. The Morgan fingerprint density at radius 3 is 2.43 bits per heavy atom. The van der Waals surface area contributed by atoms with Crippen molar-refractivity contribution < 1.29 is 19.0 Å². The molecule has 0 bridgehead atoms. The van der Waals surface area contributed by atoms with Gasteiger partial charge in [-0.25, -0.2) is 9.65 Å². The quantitative estimate of drug-likeness (QED) is 0.728. The molecule has 2 N–H and O–H groups in total. The number of rotatable bonds is 7. The summed E-state index contributed by atoms with van der Waals surface area (Å²) in [4.78, 5) is 11.2. The average Bonchev–Trinajstić information content (AvgIpc) is 2.33. The smallest absolute Gasteiger partial charge is 0.409 e. The summed E-state index contributed by atoms with van der Waals surface area (Å²) in [5, 5.41) is 11.6. The van der Waals surface area contributed by atoms with E-state index in [1.54, 1.807) is 30.3 Å². The zero-order chi connectivity index (χ0) is 16.1. The van der Waals surface area contributed by atoms with E-state index in [-0.39, 0.29) is 5.41 Å². The third-order valence-electron chi connectivity index (χ3n) is 2.76. The molecule has 0 aromatic heterocycles. The van der Waals surface area contributed by atoms with Crippen molar-refractivity contribution in [3.05, 3.63) is 30.3 Å². The van der Waals surface area contributed by atoms with Crippen LogP contribution < -0.4 is 9.61 Å². The highest BCUT2D eigenvalue weighted by Gasteiger charge is 2.30. The van der Waals surface area contributed by atoms with E-state index in [9.17, 15) is 14.5 Å². The van der Waals surface area contributed by atoms with E-state index in [1.165, 1.54) is 0 Å². The van der Waals surface area contributed by atoms with Gasteiger partial charge in [-0.05, 0) is 30.4 Å². The minimum Gasteiger partial charge on any atom is -0.480 e. The molecule has 1 rings (SSSR count). The van der Waals surface area contributed by atoms with Crippen molar-refractivity contribution in [3.8, 4) is 5.75 Å². The van der Waals surface area contributed by atoms with Crippen LogP contribution in [0.5, 0.6) is 5.75 Å². The Hall–Kier alpha value is -1.03. The lowest BCUT2D eigenvalue weighted by molar-refractivity contribution is -0.139. The second-order valence-corrected chi connectivity index (χ2v) is 8.74. The van der Waals surface area contributed by atoms with E-state index in [2.05, 4.69) is 5.09 Å². The highest BCUT2D eigenvalue weighted by Crippen LogP contribution is 2.48. The average molecular weight is 334 g/mol. The normalized spacial score (nSPS) is 16.0. The molecule has 0 fully saturated rings. The highest BCUT2D eigenvalue weighted by molar-refractivity contribution is 7.84. The third kappa shape index (κ3) is 7.51. The zero-order valence-electron chi connectivity index (χ0n) is 12.4. The molecule has 21 heavy (non-hydrogen) atoms. The van der Waals surface area contributed by atoms with E-state index >= 15 is 0 Å². The molecule has 1 aromatic carbocycles. The summed E-state index contributed by atoms with van der Waals surface area (Å²) in [6.07, 6.45) is 0.965. The number of carbonyl (C=O) groups is 1. The van der Waals surface area contributed by atoms with E-state index in [4.69, 9.17) is 15.8 Å². The molecule has 0 amide bonds. The van der Waals surface area contributed by atoms with E-state index < -0.39 is 18.9 Å². The molecule has 7 heteroatoms. The number of aliphatic carboxylic acids is 1. The van der Waals surface area contributed by atoms with Gasteiger partial charge in [-0.1, -0.05) is 39.0 Å². The first kappa shape index (κ1) is 18.0. The summed E-state index contributed by atoms with van der Waals surface area (Å²) in [6, 6.07) is 7.38. The lowest BCUT2D eigenvalue weighted by atomic mass is 9.89. The monoisotopic (exact) mass is 333 g/mol. The first-order valence-corrected chi connectivity index (χ1v) is 9.17. The fraction of sp³-hybridized carbons (Fsp3) is 0.500. The third-order valence-corrected chi connectivity index (χ3v) is 4.32. The maximum absolute atomic E-state index is 12.2. The van der Waals surface area contributed by atoms with Gasteiger partial charge in [0.25, 0.3) is 0 Å². The second-order valence-electron chi connectivity index (χ2n) is 6.00. The van der Waals surface area contributed by atoms with Crippen LogP contribution in [0.1, 0.15) is 33.6 Å². The predicted octanol–water partition coefficient (Wildman–Crippen LogP) is 4.28. The minimum absolute atomic E-state index is 0.0219. The number of nitrogens with one attached hydrogen (secondary N) is 1. The fourth-order valence-electron chi connectivity index (χ4n) is 1.65. The van der Waals surface area contributed by atoms with Crippen LogP contribution in [0.25, 0.3) is 0 Å². The molecule has 1 aromatic rings. The Morgan fingerprint density at radius 1 is 1.38 bits per heavy atom. The van der Waals surface area contributed by atoms with Crippen molar-refractivity contribution in [1.29, 1.82) is 0 Å². The van der Waals surface area contributed by atoms with Crippen molar-refractivity contribution in [3.63, 3.8) is 0 Å². The second kappa shape index (κ2) is 7.30. The number of hydrogen-bond acceptors (Lipinski definition) is 3. The van der Waals surface area contributed by atoms with Crippen molar-refractivity contribution in [1.82, 2.24) is 5.09 Å². The number of carboxylic acids is 1. The van der Waals surface area contributed by atoms with Gasteiger partial charge in [0.05, 0.1) is 0 Å². The molecule has 118 valence electrons. The SMILES string of the molecule is CC(C)(C)CC[C@H](NP(=O)(Cl)Oc1ccccc1)C(=O)O. The van der Waals surface area contributed by atoms with Gasteiger partial charge in [-0.2, -0.15) is 0 Å². The Kier molecular flexibility index (Phi) is 6.26. The van der Waals surface area contributed by atoms with Crippen molar-refractivity contribution in [2.45, 2.75) is 39.7 Å². The summed E-state index contributed by atoms with van der Waals surface area (Å²) < 4.78 is 17.4. The van der Waals surface area contributed by atoms with Crippen LogP contribution in [0.15, 0.2) is 30.3 Å². The molecule has 0 spiro atoms. The van der Waals surface area contributed by atoms with E-state index in [0.29, 0.717) is 18.6 Å². The molecule has 0 aliphatic carbocycles. The van der Waals surface area contributed by atoms with Gasteiger partial charge in [0.2, 0.25) is 0 Å². The summed E-state index contributed by atoms with van der Waals surface area (Å²) in [5.41, 5.74) is -0.0219. The van der Waals surface area contributed by atoms with Crippen molar-refractivity contribution in [2.24, 2.45) is 5.41 Å². The van der Waals surface area contributed by atoms with Gasteiger partial charge < -0.3 is 9.63 Å². The molecule has 0 aliphatic rings. The minimum atomic E-state index is -3.77. The first-order valence-electron chi connectivity index (χ1n) is 6.64. The van der Waals surface area contributed by atoms with E-state index in [1.807, 2.05) is 20.8 Å². The van der Waals surface area contributed by atoms with Gasteiger partial charge >= 0.3 is 12.8 Å². The van der Waals surface area contributed by atoms with E-state index in [0.717, 1.165) is 0 Å². The molecule has 1 unspecified atom stereocenters. The van der Waals surface area contributed by atoms with Crippen LogP contribution in [0, 0.1) is 5.41 Å². The lowest BCUT2D eigenvalue weighted by Crippen LogP contribution is -2.35. The Morgan fingerprint density at radius 2 is 1.95 bits per heavy atom. The molecule has 5 nitrogen and oxygen atoms in total. The largest absolute Gasteiger partial charge is 0.480 e. The topological polar surface area (TPSA) is 75.6 Å². The summed E-state index contributed by atoms with van der Waals surface area (Å²) in [7, 11) is 0. The lowest BCUT2D eigenvalue weighted by Gasteiger charge is -2.23. The standard InChI is InChI=1S/C14H21ClNO4P/c1-14(2,3)10-9-12(13(17)18)16-21(15,19)20-11-7-5-4-6-8-11/h4-8,12H,9-10H2,1-3H3,(H,16,19)(H,17,18)/t12-,21?/m0/s1. The van der Waals surface area contributed by atoms with Crippen LogP contribution in [-0.4, -0.2) is 17.1 Å². The van der Waals surface area contributed by atoms with Gasteiger partial charge in [-0.15, -0.1) is 0 Å². The maximum atomic E-state index is 12.2. The number of carboxylic acid groups (broad SMARTS) is 1. The van der Waals surface area contributed by atoms with Crippen molar-refractivity contribution >= 4 is 24.1 Å². The molecule has 0 radical (unpaired) electrons. The number of para-hydroxylation sites is 1. The van der Waals surface area contributed by atoms with Gasteiger partial charge in [0, 0.05) is 11.2 Å². The number of halogens is 1. The number of benzene rings is 1. The molecule has 0 heterocycles. The van der Waals surface area contributed by atoms with Gasteiger partial charge in [0.1, 0.15) is 11.8 Å². The molecule has 2 atom stereocenters. The summed E-state index contributed by atoms with van der Waals surface area (Å²) in [5.74, 6) is -0.778. The fourth-order valence-corrected chi connectivity index (χ4v) is 3.30. The summed E-state index contributed by atoms with van der Waals surface area (Å²) >= 11 is 5.82. The highest BCUT2D eigenvalue weighted by atomic mass is 35.7. The molecule has 0 saturated carbocycles. The van der Waals surface area contributed by atoms with Crippen LogP contribution in [-0.2, 0) is 9.36 Å². The number of hydrogen-bond donors (Lipinski definition) is 2. The van der Waals surface area contributed by atoms with Crippen LogP contribution in [0.2, 0.25) is 0 Å². The Labute approximate surface area is 129 Å². The van der Waals surface area contributed by atoms with Crippen LogP contribution in [0.4, 0.5) is 0 Å². The Bertz CT molecular complexity index is 515. The summed E-state index contributed by atoms with van der Waals surface area (Å²) in [6.45, 7) is 2.25. The van der Waals surface area contributed by atoms with Gasteiger partial charge in [0.15, 0.2) is 0 Å².